The molecule has 0 radical (unpaired) electrons. The van der Waals surface area contributed by atoms with Crippen molar-refractivity contribution in [2.24, 2.45) is 17.6 Å². The quantitative estimate of drug-likeness (QED) is 0.393. The molecule has 0 heterocycles. The lowest BCUT2D eigenvalue weighted by Gasteiger charge is -2.33. The van der Waals surface area contributed by atoms with Gasteiger partial charge in [0.15, 0.2) is 11.5 Å². The molecule has 3 nitrogen and oxygen atoms in total. The summed E-state index contributed by atoms with van der Waals surface area (Å²) >= 11 is 0. The van der Waals surface area contributed by atoms with Crippen LogP contribution in [0.5, 0.6) is 17.2 Å². The molecule has 180 valence electrons. The van der Waals surface area contributed by atoms with Crippen molar-refractivity contribution in [1.82, 2.24) is 0 Å². The van der Waals surface area contributed by atoms with Crippen LogP contribution in [-0.2, 0) is 24.8 Å². The molecule has 32 heavy (non-hydrogen) atoms. The number of aryl methyl sites for hydroxylation is 1. The van der Waals surface area contributed by atoms with Gasteiger partial charge in [-0.2, -0.15) is 0 Å². The summed E-state index contributed by atoms with van der Waals surface area (Å²) in [5.74, 6) is 3.63. The Morgan fingerprint density at radius 2 is 1.44 bits per heavy atom. The van der Waals surface area contributed by atoms with Gasteiger partial charge in [0.1, 0.15) is 5.75 Å². The topological polar surface area (TPSA) is 44.5 Å². The molecule has 0 aliphatic carbocycles. The van der Waals surface area contributed by atoms with Gasteiger partial charge in [0, 0.05) is 16.7 Å². The number of para-hydroxylation sites is 1. The van der Waals surface area contributed by atoms with Crippen LogP contribution in [-0.4, -0.2) is 6.61 Å². The highest BCUT2D eigenvalue weighted by atomic mass is 35.5. The Bertz CT molecular complexity index is 882. The van der Waals surface area contributed by atoms with E-state index in [9.17, 15) is 0 Å². The predicted molar refractivity (Wildman–Crippen MR) is 140 cm³/mol. The summed E-state index contributed by atoms with van der Waals surface area (Å²) in [5.41, 5.74) is 12.5. The van der Waals surface area contributed by atoms with E-state index in [0.717, 1.165) is 42.1 Å². The maximum Gasteiger partial charge on any atom is 0.173 e. The van der Waals surface area contributed by atoms with Gasteiger partial charge in [-0.25, -0.2) is 0 Å². The molecule has 0 amide bonds. The molecule has 2 aromatic rings. The fourth-order valence-corrected chi connectivity index (χ4v) is 4.42. The summed E-state index contributed by atoms with van der Waals surface area (Å²) < 4.78 is 13.0. The molecular weight excluding hydrogens is 418 g/mol. The second-order valence-electron chi connectivity index (χ2n) is 10.0. The fourth-order valence-electron chi connectivity index (χ4n) is 4.42. The van der Waals surface area contributed by atoms with Crippen molar-refractivity contribution < 1.29 is 9.47 Å². The Morgan fingerprint density at radius 1 is 0.875 bits per heavy atom. The molecule has 0 fully saturated rings. The smallest absolute Gasteiger partial charge is 0.173 e. The summed E-state index contributed by atoms with van der Waals surface area (Å²) in [6.07, 6.45) is 2.75. The Morgan fingerprint density at radius 3 is 1.91 bits per heavy atom. The Kier molecular flexibility index (Phi) is 10.6. The van der Waals surface area contributed by atoms with E-state index in [1.165, 1.54) is 22.3 Å². The van der Waals surface area contributed by atoms with Crippen LogP contribution < -0.4 is 15.2 Å². The molecule has 0 saturated heterocycles. The van der Waals surface area contributed by atoms with E-state index in [1.54, 1.807) is 0 Å². The largest absolute Gasteiger partial charge is 0.490 e. The van der Waals surface area contributed by atoms with Gasteiger partial charge in [0.05, 0.1) is 6.61 Å². The highest BCUT2D eigenvalue weighted by Gasteiger charge is 2.32. The number of benzene rings is 2. The third kappa shape index (κ3) is 6.65. The maximum atomic E-state index is 6.80. The lowest BCUT2D eigenvalue weighted by atomic mass is 9.78. The third-order valence-corrected chi connectivity index (χ3v) is 5.54. The van der Waals surface area contributed by atoms with Crippen molar-refractivity contribution in [3.8, 4) is 17.2 Å². The molecular formula is C28H44ClNO2. The molecule has 0 aliphatic rings. The number of halogens is 1. The summed E-state index contributed by atoms with van der Waals surface area (Å²) in [7, 11) is 0. The first-order valence-corrected chi connectivity index (χ1v) is 11.9. The molecule has 0 bridgehead atoms. The third-order valence-electron chi connectivity index (χ3n) is 5.54. The van der Waals surface area contributed by atoms with Crippen LogP contribution in [0.3, 0.4) is 0 Å². The monoisotopic (exact) mass is 461 g/mol. The van der Waals surface area contributed by atoms with Gasteiger partial charge in [0.2, 0.25) is 0 Å². The van der Waals surface area contributed by atoms with Crippen LogP contribution in [0.15, 0.2) is 24.3 Å². The first-order chi connectivity index (χ1) is 14.5. The Hall–Kier alpha value is -1.71. The molecule has 4 heteroatoms. The molecule has 2 N–H and O–H groups in total. The van der Waals surface area contributed by atoms with Crippen LogP contribution in [0, 0.1) is 18.8 Å². The minimum absolute atomic E-state index is 0. The molecule has 0 spiro atoms. The minimum Gasteiger partial charge on any atom is -0.490 e. The van der Waals surface area contributed by atoms with Crippen molar-refractivity contribution in [1.29, 1.82) is 0 Å². The fraction of sp³-hybridized carbons (Fsp3) is 0.571. The van der Waals surface area contributed by atoms with E-state index in [0.29, 0.717) is 18.4 Å². The zero-order valence-electron chi connectivity index (χ0n) is 21.6. The molecule has 0 aromatic heterocycles. The van der Waals surface area contributed by atoms with Crippen molar-refractivity contribution in [3.05, 3.63) is 52.1 Å². The predicted octanol–water partition coefficient (Wildman–Crippen LogP) is 7.76. The number of ether oxygens (including phenoxy) is 2. The van der Waals surface area contributed by atoms with Crippen LogP contribution in [0.25, 0.3) is 0 Å². The van der Waals surface area contributed by atoms with Gasteiger partial charge in [-0.1, -0.05) is 52.8 Å². The molecule has 0 saturated carbocycles. The molecule has 2 aromatic carbocycles. The zero-order chi connectivity index (χ0) is 23.3. The number of hydrogen-bond donors (Lipinski definition) is 1. The molecule has 0 atom stereocenters. The summed E-state index contributed by atoms with van der Waals surface area (Å²) in [4.78, 5) is 0. The number of nitrogens with two attached hydrogens (primary N) is 1. The first-order valence-electron chi connectivity index (χ1n) is 11.9. The SMILES string of the molecule is CCOc1c(CC)c(C(C)(C)N)c(CC(C)C)c(CC(C)C)c1Oc1ccccc1C.Cl. The average Bonchev–Trinajstić information content (AvgIpc) is 2.65. The minimum atomic E-state index is -0.464. The maximum absolute atomic E-state index is 6.80. The van der Waals surface area contributed by atoms with Crippen molar-refractivity contribution in [2.75, 3.05) is 6.61 Å². The van der Waals surface area contributed by atoms with E-state index >= 15 is 0 Å². The summed E-state index contributed by atoms with van der Waals surface area (Å²) in [6, 6.07) is 8.20. The second kappa shape index (κ2) is 12.0. The standard InChI is InChI=1S/C28H43NO2.ClH/c1-10-21-25(28(8,9)29)22(16-18(3)4)23(17-19(5)6)27(26(21)30-11-2)31-24-15-13-12-14-20(24)7;/h12-15,18-19H,10-11,16-17,29H2,1-9H3;1H. The molecule has 0 unspecified atom stereocenters. The number of rotatable bonds is 10. The first kappa shape index (κ1) is 28.3. The Labute approximate surface area is 202 Å². The molecule has 2 rings (SSSR count). The van der Waals surface area contributed by atoms with Gasteiger partial charge in [0.25, 0.3) is 0 Å². The normalized spacial score (nSPS) is 11.6. The second-order valence-corrected chi connectivity index (χ2v) is 10.0. The highest BCUT2D eigenvalue weighted by Crippen LogP contribution is 2.47. The van der Waals surface area contributed by atoms with E-state index in [4.69, 9.17) is 15.2 Å². The van der Waals surface area contributed by atoms with Crippen LogP contribution >= 0.6 is 12.4 Å². The van der Waals surface area contributed by atoms with Crippen LogP contribution in [0.1, 0.15) is 83.2 Å². The van der Waals surface area contributed by atoms with Crippen molar-refractivity contribution >= 4 is 12.4 Å². The van der Waals surface area contributed by atoms with E-state index < -0.39 is 5.54 Å². The van der Waals surface area contributed by atoms with Crippen molar-refractivity contribution in [3.63, 3.8) is 0 Å². The average molecular weight is 462 g/mol. The Balaban J connectivity index is 0.00000512. The van der Waals surface area contributed by atoms with Gasteiger partial charge >= 0.3 is 0 Å². The highest BCUT2D eigenvalue weighted by molar-refractivity contribution is 5.85. The van der Waals surface area contributed by atoms with E-state index in [1.807, 2.05) is 25.1 Å². The van der Waals surface area contributed by atoms with E-state index in [2.05, 4.69) is 61.5 Å². The lowest BCUT2D eigenvalue weighted by molar-refractivity contribution is 0.313. The summed E-state index contributed by atoms with van der Waals surface area (Å²) in [5, 5.41) is 0. The number of hydrogen-bond acceptors (Lipinski definition) is 3. The van der Waals surface area contributed by atoms with Crippen LogP contribution in [0.2, 0.25) is 0 Å². The summed E-state index contributed by atoms with van der Waals surface area (Å²) in [6.45, 7) is 20.2. The van der Waals surface area contributed by atoms with Gasteiger partial charge in [-0.05, 0) is 81.5 Å². The van der Waals surface area contributed by atoms with Crippen LogP contribution in [0.4, 0.5) is 0 Å². The van der Waals surface area contributed by atoms with E-state index in [-0.39, 0.29) is 12.4 Å². The van der Waals surface area contributed by atoms with Gasteiger partial charge in [-0.15, -0.1) is 12.4 Å². The molecule has 0 aliphatic heterocycles. The lowest BCUT2D eigenvalue weighted by Crippen LogP contribution is -2.33. The van der Waals surface area contributed by atoms with Gasteiger partial charge in [-0.3, -0.25) is 0 Å². The van der Waals surface area contributed by atoms with Gasteiger partial charge < -0.3 is 15.2 Å². The van der Waals surface area contributed by atoms with Crippen molar-refractivity contribution in [2.45, 2.75) is 87.1 Å². The zero-order valence-corrected chi connectivity index (χ0v) is 22.4.